The van der Waals surface area contributed by atoms with Crippen LogP contribution in [-0.2, 0) is 42.8 Å². The highest BCUT2D eigenvalue weighted by molar-refractivity contribution is 7.85. The molecule has 0 saturated heterocycles. The molecule has 0 amide bonds. The molecule has 9 aromatic rings. The zero-order valence-corrected chi connectivity index (χ0v) is 51.4. The first-order chi connectivity index (χ1) is 37.4. The molecule has 420 valence electrons. The van der Waals surface area contributed by atoms with Crippen molar-refractivity contribution in [1.82, 2.24) is 0 Å². The smallest absolute Gasteiger partial charge is 0.294 e. The molecule has 0 unspecified atom stereocenters. The first-order valence-electron chi connectivity index (χ1n) is 27.4. The summed E-state index contributed by atoms with van der Waals surface area (Å²) in [6.45, 7) is 28.7. The maximum atomic E-state index is 12.7. The highest BCUT2D eigenvalue weighted by Crippen LogP contribution is 2.57. The molecule has 5 nitrogen and oxygen atoms in total. The zero-order chi connectivity index (χ0) is 58.2. The average molecular weight is 1140 g/mol. The van der Waals surface area contributed by atoms with Crippen molar-refractivity contribution in [2.45, 2.75) is 128 Å². The second kappa shape index (κ2) is 23.7. The van der Waals surface area contributed by atoms with E-state index in [1.54, 1.807) is 12.1 Å². The highest BCUT2D eigenvalue weighted by Gasteiger charge is 2.46. The van der Waals surface area contributed by atoms with Crippen LogP contribution < -0.4 is 0 Å². The van der Waals surface area contributed by atoms with Gasteiger partial charge in [0.2, 0.25) is 0 Å². The molecular weight excluding hydrogens is 1060 g/mol. The van der Waals surface area contributed by atoms with Gasteiger partial charge in [0.15, 0.2) is 0 Å². The van der Waals surface area contributed by atoms with Gasteiger partial charge in [0, 0.05) is 15.6 Å². The third kappa shape index (κ3) is 13.2. The molecule has 1 aliphatic rings. The molecule has 0 atom stereocenters. The van der Waals surface area contributed by atoms with Gasteiger partial charge in [-0.25, -0.2) is 0 Å². The molecule has 0 heterocycles. The lowest BCUT2D eigenvalue weighted by molar-refractivity contribution is 0.126. The van der Waals surface area contributed by atoms with Gasteiger partial charge in [-0.3, -0.25) is 4.55 Å². The van der Waals surface area contributed by atoms with Crippen molar-refractivity contribution in [1.29, 1.82) is 0 Å². The van der Waals surface area contributed by atoms with Crippen molar-refractivity contribution in [2.24, 2.45) is 0 Å². The zero-order valence-electron chi connectivity index (χ0n) is 49.1. The van der Waals surface area contributed by atoms with Crippen molar-refractivity contribution in [3.63, 3.8) is 0 Å². The number of benzene rings is 9. The summed E-state index contributed by atoms with van der Waals surface area (Å²) in [6.07, 6.45) is 0. The molecule has 0 radical (unpaired) electrons. The fourth-order valence-electron chi connectivity index (χ4n) is 10.8. The Morgan fingerprint density at radius 1 is 0.395 bits per heavy atom. The topological polar surface area (TPSA) is 106 Å². The van der Waals surface area contributed by atoms with Crippen LogP contribution in [-0.4, -0.2) is 23.6 Å². The first kappa shape index (κ1) is 62.0. The van der Waals surface area contributed by atoms with Crippen molar-refractivity contribution >= 4 is 33.3 Å². The first-order valence-corrected chi connectivity index (χ1v) is 29.6. The van der Waals surface area contributed by atoms with Gasteiger partial charge in [-0.15, -0.1) is 0 Å². The highest BCUT2D eigenvalue weighted by atomic mass is 35.5. The summed E-state index contributed by atoms with van der Waals surface area (Å²) in [5, 5.41) is 14.1. The van der Waals surface area contributed by atoms with Gasteiger partial charge in [0.25, 0.3) is 10.1 Å². The third-order valence-electron chi connectivity index (χ3n) is 15.5. The van der Waals surface area contributed by atoms with Crippen LogP contribution in [0.5, 0.6) is 0 Å². The van der Waals surface area contributed by atoms with Gasteiger partial charge in [-0.2, -0.15) is 8.42 Å². The molecular formula is C73H78Cl2O5S. The summed E-state index contributed by atoms with van der Waals surface area (Å²) < 4.78 is 29.6. The Morgan fingerprint density at radius 2 is 0.753 bits per heavy atom. The van der Waals surface area contributed by atoms with Crippen molar-refractivity contribution in [3.8, 4) is 22.3 Å². The second-order valence-corrected chi connectivity index (χ2v) is 27.6. The molecule has 8 heteroatoms. The van der Waals surface area contributed by atoms with E-state index in [0.717, 1.165) is 38.4 Å². The van der Waals surface area contributed by atoms with E-state index >= 15 is 0 Å². The minimum Gasteiger partial charge on any atom is -0.412 e. The molecule has 1 aliphatic carbocycles. The van der Waals surface area contributed by atoms with E-state index in [9.17, 15) is 13.5 Å². The monoisotopic (exact) mass is 1140 g/mol. The van der Waals surface area contributed by atoms with Gasteiger partial charge in [-0.1, -0.05) is 288 Å². The van der Waals surface area contributed by atoms with E-state index in [-0.39, 0.29) is 32.0 Å². The third-order valence-corrected chi connectivity index (χ3v) is 16.9. The van der Waals surface area contributed by atoms with Crippen LogP contribution in [0.2, 0.25) is 10.0 Å². The summed E-state index contributed by atoms with van der Waals surface area (Å²) in [5.41, 5.74) is 16.8. The van der Waals surface area contributed by atoms with Gasteiger partial charge in [0.05, 0.1) is 10.3 Å². The number of aliphatic hydroxyl groups is 1. The number of aryl methyl sites for hydroxylation is 1. The Balaban J connectivity index is 0.000000195. The SMILES string of the molecule is CC(C)(C)c1ccc(C(O)(c2ccc(C(C)(C)C)cc2)c2ccccc2-c2ccc(Cl)cc2)cc1.CC(C)(C)c1ccc(C2(c3ccc(C(C)(C)C)cc3)c3ccccc3-c3ccc(Cl)cc32)cc1.Cc1ccc(S(=O)(=O)O)cc1.O. The second-order valence-electron chi connectivity index (χ2n) is 25.3. The molecule has 81 heavy (non-hydrogen) atoms. The fourth-order valence-corrected chi connectivity index (χ4v) is 11.5. The number of fused-ring (bicyclic) bond motifs is 3. The molecule has 0 aliphatic heterocycles. The van der Waals surface area contributed by atoms with Crippen molar-refractivity contribution in [2.75, 3.05) is 0 Å². The number of hydrogen-bond acceptors (Lipinski definition) is 3. The van der Waals surface area contributed by atoms with E-state index in [1.165, 1.54) is 67.8 Å². The molecule has 4 N–H and O–H groups in total. The van der Waals surface area contributed by atoms with E-state index in [1.807, 2.05) is 55.5 Å². The quantitative estimate of drug-likeness (QED) is 0.122. The Bertz CT molecular complexity index is 3590. The number of rotatable bonds is 7. The molecule has 9 aromatic carbocycles. The van der Waals surface area contributed by atoms with Crippen molar-refractivity contribution in [3.05, 3.63) is 289 Å². The predicted octanol–water partition coefficient (Wildman–Crippen LogP) is 18.6. The van der Waals surface area contributed by atoms with Crippen LogP contribution in [0.3, 0.4) is 0 Å². The predicted molar refractivity (Wildman–Crippen MR) is 340 cm³/mol. The molecule has 0 spiro atoms. The molecule has 0 bridgehead atoms. The molecule has 0 saturated carbocycles. The lowest BCUT2D eigenvalue weighted by atomic mass is 9.67. The lowest BCUT2D eigenvalue weighted by Crippen LogP contribution is -2.30. The van der Waals surface area contributed by atoms with Crippen LogP contribution in [0, 0.1) is 6.92 Å². The van der Waals surface area contributed by atoms with Gasteiger partial charge < -0.3 is 10.6 Å². The summed E-state index contributed by atoms with van der Waals surface area (Å²) in [5.74, 6) is 0. The van der Waals surface area contributed by atoms with Crippen LogP contribution >= 0.6 is 23.2 Å². The normalized spacial score (nSPS) is 13.1. The average Bonchev–Trinajstić information content (AvgIpc) is 3.86. The summed E-state index contributed by atoms with van der Waals surface area (Å²) >= 11 is 12.8. The number of halogens is 2. The Kier molecular flexibility index (Phi) is 18.1. The number of hydrogen-bond donors (Lipinski definition) is 2. The maximum absolute atomic E-state index is 12.7. The van der Waals surface area contributed by atoms with Gasteiger partial charge >= 0.3 is 0 Å². The minimum absolute atomic E-state index is 0. The van der Waals surface area contributed by atoms with Crippen LogP contribution in [0.25, 0.3) is 22.3 Å². The maximum Gasteiger partial charge on any atom is 0.294 e. The molecule has 10 rings (SSSR count). The molecule has 0 fully saturated rings. The standard InChI is InChI=1S/C33H35ClO.C33H33Cl.C7H8O3S.H2O/c1-31(2,3)24-13-17-26(18-14-24)33(35,27-19-15-25(16-20-27)32(4,5)6)30-10-8-7-9-29(30)23-11-21-28(34)22-12-23;1-31(2,3)22-11-15-24(16-12-22)33(25-17-13-23(14-18-25)32(4,5)6)29-10-8-7-9-27(29)28-20-19-26(34)21-30(28)33;1-6-2-4-7(5-3-6)11(8,9)10;/h7-22,35H,1-6H3;7-21H,1-6H3;2-5H,1H3,(H,8,9,10);1H2. The van der Waals surface area contributed by atoms with E-state index in [4.69, 9.17) is 27.8 Å². The van der Waals surface area contributed by atoms with Crippen LogP contribution in [0.15, 0.2) is 217 Å². The summed E-state index contributed by atoms with van der Waals surface area (Å²) in [7, 11) is -4.02. The van der Waals surface area contributed by atoms with E-state index in [2.05, 4.69) is 223 Å². The summed E-state index contributed by atoms with van der Waals surface area (Å²) in [6, 6.07) is 72.4. The van der Waals surface area contributed by atoms with E-state index in [0.29, 0.717) is 5.02 Å². The lowest BCUT2D eigenvalue weighted by Gasteiger charge is -2.35. The minimum atomic E-state index is -4.02. The van der Waals surface area contributed by atoms with Gasteiger partial charge in [0.1, 0.15) is 5.60 Å². The Hall–Kier alpha value is -6.61. The Morgan fingerprint density at radius 3 is 1.17 bits per heavy atom. The fraction of sp³-hybridized carbons (Fsp3) is 0.260. The van der Waals surface area contributed by atoms with Crippen molar-refractivity contribution < 1.29 is 23.6 Å². The van der Waals surface area contributed by atoms with E-state index < -0.39 is 21.1 Å². The van der Waals surface area contributed by atoms with Gasteiger partial charge in [-0.05, 0) is 143 Å². The van der Waals surface area contributed by atoms with Crippen LogP contribution in [0.1, 0.15) is 150 Å². The summed E-state index contributed by atoms with van der Waals surface area (Å²) in [4.78, 5) is -0.0666. The molecule has 0 aromatic heterocycles. The Labute approximate surface area is 492 Å². The largest absolute Gasteiger partial charge is 0.412 e. The van der Waals surface area contributed by atoms with Crippen LogP contribution in [0.4, 0.5) is 0 Å².